The number of amides is 1. The van der Waals surface area contributed by atoms with E-state index in [1.54, 1.807) is 0 Å². The average Bonchev–Trinajstić information content (AvgIpc) is 3.21. The van der Waals surface area contributed by atoms with E-state index in [1.807, 2.05) is 18.7 Å². The van der Waals surface area contributed by atoms with E-state index in [-0.39, 0.29) is 5.91 Å². The summed E-state index contributed by atoms with van der Waals surface area (Å²) in [4.78, 5) is 26.1. The van der Waals surface area contributed by atoms with Gasteiger partial charge in [-0.15, -0.1) is 0 Å². The molecule has 2 aromatic heterocycles. The zero-order chi connectivity index (χ0) is 16.7. The maximum absolute atomic E-state index is 13.0. The minimum Gasteiger partial charge on any atom is -0.442 e. The van der Waals surface area contributed by atoms with E-state index in [2.05, 4.69) is 14.9 Å². The van der Waals surface area contributed by atoms with Crippen molar-refractivity contribution in [1.82, 2.24) is 14.9 Å². The summed E-state index contributed by atoms with van der Waals surface area (Å²) in [6.45, 7) is 8.15. The van der Waals surface area contributed by atoms with Crippen LogP contribution < -0.4 is 4.90 Å². The quantitative estimate of drug-likeness (QED) is 0.838. The number of aromatic nitrogens is 2. The van der Waals surface area contributed by atoms with E-state index < -0.39 is 0 Å². The fourth-order valence-corrected chi connectivity index (χ4v) is 3.54. The normalized spacial score (nSPS) is 18.6. The van der Waals surface area contributed by atoms with Gasteiger partial charge in [0.15, 0.2) is 0 Å². The smallest absolute Gasteiger partial charge is 0.258 e. The lowest BCUT2D eigenvalue weighted by molar-refractivity contribution is 0.0792. The number of aryl methyl sites for hydroxylation is 2. The van der Waals surface area contributed by atoms with Crippen LogP contribution in [0.5, 0.6) is 0 Å². The summed E-state index contributed by atoms with van der Waals surface area (Å²) < 4.78 is 11.3. The number of ether oxygens (including phenoxy) is 1. The molecule has 2 aromatic rings. The van der Waals surface area contributed by atoms with Crippen molar-refractivity contribution in [2.24, 2.45) is 0 Å². The second-order valence-electron chi connectivity index (χ2n) is 6.41. The number of carbonyl (C=O) groups is 1. The Morgan fingerprint density at radius 3 is 2.46 bits per heavy atom. The van der Waals surface area contributed by atoms with Crippen LogP contribution in [0.4, 0.5) is 5.82 Å². The molecule has 0 radical (unpaired) electrons. The van der Waals surface area contributed by atoms with Gasteiger partial charge in [-0.3, -0.25) is 4.79 Å². The lowest BCUT2D eigenvalue weighted by Crippen LogP contribution is -2.37. The van der Waals surface area contributed by atoms with Crippen molar-refractivity contribution in [3.63, 3.8) is 0 Å². The van der Waals surface area contributed by atoms with Crippen LogP contribution in [0.15, 0.2) is 4.42 Å². The highest BCUT2D eigenvalue weighted by atomic mass is 16.5. The van der Waals surface area contributed by atoms with E-state index in [4.69, 9.17) is 9.15 Å². The second kappa shape index (κ2) is 6.05. The number of rotatable bonds is 2. The molecule has 7 nitrogen and oxygen atoms in total. The number of hydrogen-bond donors (Lipinski definition) is 0. The Balaban J connectivity index is 1.86. The molecular weight excluding hydrogens is 308 g/mol. The van der Waals surface area contributed by atoms with Crippen LogP contribution in [0, 0.1) is 13.8 Å². The fourth-order valence-electron chi connectivity index (χ4n) is 3.54. The van der Waals surface area contributed by atoms with E-state index in [9.17, 15) is 4.79 Å². The largest absolute Gasteiger partial charge is 0.442 e. The summed E-state index contributed by atoms with van der Waals surface area (Å²) in [5.74, 6) is 2.10. The summed E-state index contributed by atoms with van der Waals surface area (Å²) in [5, 5.41) is 0.747. The first-order valence-corrected chi connectivity index (χ1v) is 8.55. The van der Waals surface area contributed by atoms with E-state index >= 15 is 0 Å². The van der Waals surface area contributed by atoms with Crippen LogP contribution in [-0.4, -0.2) is 60.2 Å². The third-order valence-corrected chi connectivity index (χ3v) is 4.74. The van der Waals surface area contributed by atoms with Crippen molar-refractivity contribution in [2.75, 3.05) is 44.3 Å². The predicted octanol–water partition coefficient (Wildman–Crippen LogP) is 1.91. The molecule has 0 unspecified atom stereocenters. The maximum Gasteiger partial charge on any atom is 0.258 e. The molecule has 0 aromatic carbocycles. The third kappa shape index (κ3) is 2.53. The molecule has 0 spiro atoms. The van der Waals surface area contributed by atoms with Gasteiger partial charge in [-0.1, -0.05) is 0 Å². The predicted molar refractivity (Wildman–Crippen MR) is 89.4 cm³/mol. The molecule has 2 aliphatic rings. The van der Waals surface area contributed by atoms with E-state index in [0.29, 0.717) is 36.1 Å². The SMILES string of the molecule is Cc1nc(N2CCOCC2)c2c(C(=O)N3CCCC3)c(C)oc2n1. The first kappa shape index (κ1) is 15.4. The van der Waals surface area contributed by atoms with Crippen LogP contribution in [0.3, 0.4) is 0 Å². The molecule has 0 N–H and O–H groups in total. The number of fused-ring (bicyclic) bond motifs is 1. The molecule has 128 valence electrons. The Bertz CT molecular complexity index is 774. The van der Waals surface area contributed by atoms with Crippen molar-refractivity contribution < 1.29 is 13.9 Å². The molecule has 0 saturated carbocycles. The molecule has 2 aliphatic heterocycles. The summed E-state index contributed by atoms with van der Waals surface area (Å²) in [7, 11) is 0. The molecule has 0 atom stereocenters. The van der Waals surface area contributed by atoms with Gasteiger partial charge in [-0.25, -0.2) is 4.98 Å². The minimum atomic E-state index is 0.0331. The van der Waals surface area contributed by atoms with E-state index in [0.717, 1.165) is 50.2 Å². The Morgan fingerprint density at radius 1 is 1.04 bits per heavy atom. The monoisotopic (exact) mass is 330 g/mol. The van der Waals surface area contributed by atoms with E-state index in [1.165, 1.54) is 0 Å². The standard InChI is InChI=1S/C17H22N4O3/c1-11-13(17(22)21-5-3-4-6-21)14-15(20-7-9-23-10-8-20)18-12(2)19-16(14)24-11/h3-10H2,1-2H3. The molecule has 0 bridgehead atoms. The number of likely N-dealkylation sites (tertiary alicyclic amines) is 1. The van der Waals surface area contributed by atoms with Gasteiger partial charge in [0.05, 0.1) is 24.2 Å². The first-order valence-electron chi connectivity index (χ1n) is 8.55. The van der Waals surface area contributed by atoms with Gasteiger partial charge < -0.3 is 19.0 Å². The molecular formula is C17H22N4O3. The first-order chi connectivity index (χ1) is 11.6. The van der Waals surface area contributed by atoms with Gasteiger partial charge >= 0.3 is 0 Å². The molecule has 24 heavy (non-hydrogen) atoms. The van der Waals surface area contributed by atoms with Crippen LogP contribution >= 0.6 is 0 Å². The second-order valence-corrected chi connectivity index (χ2v) is 6.41. The topological polar surface area (TPSA) is 71.7 Å². The van der Waals surface area contributed by atoms with Gasteiger partial charge in [0.1, 0.15) is 17.4 Å². The lowest BCUT2D eigenvalue weighted by atomic mass is 10.1. The molecule has 0 aliphatic carbocycles. The van der Waals surface area contributed by atoms with Crippen LogP contribution in [0.25, 0.3) is 11.1 Å². The van der Waals surface area contributed by atoms with Gasteiger partial charge in [-0.05, 0) is 26.7 Å². The molecule has 2 saturated heterocycles. The van der Waals surface area contributed by atoms with Gasteiger partial charge in [-0.2, -0.15) is 4.98 Å². The average molecular weight is 330 g/mol. The van der Waals surface area contributed by atoms with Crippen molar-refractivity contribution >= 4 is 22.8 Å². The van der Waals surface area contributed by atoms with Crippen LogP contribution in [0.1, 0.15) is 34.8 Å². The highest BCUT2D eigenvalue weighted by molar-refractivity contribution is 6.10. The molecule has 7 heteroatoms. The fraction of sp³-hybridized carbons (Fsp3) is 0.588. The van der Waals surface area contributed by atoms with Crippen molar-refractivity contribution in [1.29, 1.82) is 0 Å². The minimum absolute atomic E-state index is 0.0331. The van der Waals surface area contributed by atoms with Crippen LogP contribution in [-0.2, 0) is 4.74 Å². The van der Waals surface area contributed by atoms with Gasteiger partial charge in [0.25, 0.3) is 5.91 Å². The van der Waals surface area contributed by atoms with Crippen molar-refractivity contribution in [3.8, 4) is 0 Å². The summed E-state index contributed by atoms with van der Waals surface area (Å²) in [6.07, 6.45) is 2.12. The number of furan rings is 1. The lowest BCUT2D eigenvalue weighted by Gasteiger charge is -2.28. The highest BCUT2D eigenvalue weighted by Crippen LogP contribution is 2.33. The zero-order valence-electron chi connectivity index (χ0n) is 14.2. The molecule has 1 amide bonds. The van der Waals surface area contributed by atoms with Gasteiger partial charge in [0.2, 0.25) is 5.71 Å². The number of morpholine rings is 1. The van der Waals surface area contributed by atoms with Crippen LogP contribution in [0.2, 0.25) is 0 Å². The maximum atomic E-state index is 13.0. The van der Waals surface area contributed by atoms with Crippen molar-refractivity contribution in [3.05, 3.63) is 17.1 Å². The molecule has 2 fully saturated rings. The third-order valence-electron chi connectivity index (χ3n) is 4.74. The number of anilines is 1. The molecule has 4 rings (SSSR count). The zero-order valence-corrected chi connectivity index (χ0v) is 14.2. The highest BCUT2D eigenvalue weighted by Gasteiger charge is 2.30. The van der Waals surface area contributed by atoms with Gasteiger partial charge in [0, 0.05) is 26.2 Å². The number of carbonyl (C=O) groups excluding carboxylic acids is 1. The number of hydrogen-bond acceptors (Lipinski definition) is 6. The summed E-state index contributed by atoms with van der Waals surface area (Å²) in [6, 6.07) is 0. The van der Waals surface area contributed by atoms with Crippen molar-refractivity contribution in [2.45, 2.75) is 26.7 Å². The summed E-state index contributed by atoms with van der Waals surface area (Å²) >= 11 is 0. The summed E-state index contributed by atoms with van der Waals surface area (Å²) in [5.41, 5.74) is 1.12. The Kier molecular flexibility index (Phi) is 3.88. The Labute approximate surface area is 140 Å². The molecule has 4 heterocycles. The Hall–Kier alpha value is -2.15. The Morgan fingerprint density at radius 2 is 1.75 bits per heavy atom. The number of nitrogens with zero attached hydrogens (tertiary/aromatic N) is 4.